The first-order chi connectivity index (χ1) is 64.7. The predicted molar refractivity (Wildman–Crippen MR) is 520 cm³/mol. The summed E-state index contributed by atoms with van der Waals surface area (Å²) in [4.78, 5) is 102. The van der Waals surface area contributed by atoms with Gasteiger partial charge in [0.2, 0.25) is 40.6 Å². The van der Waals surface area contributed by atoms with Crippen LogP contribution in [0.3, 0.4) is 0 Å². The van der Waals surface area contributed by atoms with E-state index in [0.29, 0.717) is 31.1 Å². The summed E-state index contributed by atoms with van der Waals surface area (Å²) in [5.41, 5.74) is 8.45. The van der Waals surface area contributed by atoms with Crippen molar-refractivity contribution in [2.45, 2.75) is 302 Å². The van der Waals surface area contributed by atoms with Gasteiger partial charge >= 0.3 is 0 Å². The van der Waals surface area contributed by atoms with E-state index in [4.69, 9.17) is 72.8 Å². The third kappa shape index (κ3) is 15.1. The number of hydroxylamine groups is 1. The van der Waals surface area contributed by atoms with E-state index in [-0.39, 0.29) is 108 Å². The smallest absolute Gasteiger partial charge is 0.282 e. The largest absolute Gasteiger partial charge is 0.481 e. The maximum atomic E-state index is 12.7. The average Bonchev–Trinajstić information content (AvgIpc) is 1.56. The summed E-state index contributed by atoms with van der Waals surface area (Å²) in [5, 5.41) is 47.8. The standard InChI is InChI=1S/3C17H23N3O2.C17H21N3O2.C17H23N3O2.C17H21N3O2.CH5NO.2CH4/c1-15(2)11-6-7-16(3)13(19-20(5)14(16)21)17(11,4)8-10-9-18-22-12(10)15;1-16(2)12-7-6-11-13(19-20(4)15(11)21-5)17(12,3)8-10-9-18-22-14(10)16;2*1-15(2)11-7-8-16(3)13(19-20(6)14(16)22)17(11,4)9-10(18-5)12(15)21;2*1-16(2)12-8-7-10-13(19-20(5)15(10)22-6)17(12,3)9-11(18-4)14(16)21;1-2-3;;/h9,11H,6-8H2,1-5H3;9,12H,6-8H2,1-5H3;10-11H,7-9H2,1-4,6H3;9,11H,7-8H2,1-4,6H3;11-12H,7-9H2,1-3,5-6H3;9,12H,7-8H2,1-3,5-6H3;2-3H,1H3;2*1H4/t11-,16?,17-;12-,17-;10?,11-,16?,17-;11-,16?,17-;11?,12-,17-;12-,17-;;;/m000000.../s1/i;;;;;;;2*1T. The molecule has 3 amide bonds. The number of fused-ring (bicyclic) bond motifs is 20. The van der Waals surface area contributed by atoms with Gasteiger partial charge in [-0.05, 0) is 146 Å². The van der Waals surface area contributed by atoms with Crippen molar-refractivity contribution in [1.82, 2.24) is 60.2 Å². The Kier molecular flexibility index (Phi) is 26.0. The van der Waals surface area contributed by atoms with Crippen molar-refractivity contribution in [3.05, 3.63) is 138 Å². The number of ketones is 4. The van der Waals surface area contributed by atoms with Crippen LogP contribution in [0.1, 0.15) is 290 Å². The number of hydrogen-bond donors (Lipinski definition) is 2. The number of aryl methyl sites for hydroxylation is 3. The second-order valence-corrected chi connectivity index (χ2v) is 46.1. The van der Waals surface area contributed by atoms with Gasteiger partial charge in [0.15, 0.2) is 11.6 Å². The molecule has 137 heavy (non-hydrogen) atoms. The Bertz CT molecular complexity index is 6120. The maximum Gasteiger partial charge on any atom is 0.282 e. The number of hydrazone groups is 3. The van der Waals surface area contributed by atoms with E-state index in [1.54, 1.807) is 68.4 Å². The summed E-state index contributed by atoms with van der Waals surface area (Å²) in [7, 11) is 19.9. The molecule has 0 radical (unpaired) electrons. The molecule has 17 atom stereocenters. The van der Waals surface area contributed by atoms with Crippen molar-refractivity contribution >= 4 is 58.0 Å². The third-order valence-electron chi connectivity index (χ3n) is 36.0. The van der Waals surface area contributed by atoms with Crippen LogP contribution in [0.4, 0.5) is 0 Å². The summed E-state index contributed by atoms with van der Waals surface area (Å²) in [6, 6.07) is -1.18. The lowest BCUT2D eigenvalue weighted by atomic mass is 9.46. The zero-order valence-corrected chi connectivity index (χ0v) is 87.1. The van der Waals surface area contributed by atoms with Crippen LogP contribution in [0.5, 0.6) is 17.6 Å². The highest BCUT2D eigenvalue weighted by atomic mass is 16.5. The van der Waals surface area contributed by atoms with Crippen LogP contribution in [-0.4, -0.2) is 179 Å². The molecule has 32 heteroatoms. The van der Waals surface area contributed by atoms with Gasteiger partial charge in [-0.15, -0.1) is 0 Å². The van der Waals surface area contributed by atoms with E-state index in [9.17, 15) is 33.6 Å². The van der Waals surface area contributed by atoms with Gasteiger partial charge in [0, 0.05) is 158 Å². The topological polar surface area (TPSA) is 349 Å². The van der Waals surface area contributed by atoms with Gasteiger partial charge in [0.1, 0.15) is 11.5 Å². The Labute approximate surface area is 812 Å². The van der Waals surface area contributed by atoms with Crippen molar-refractivity contribution in [2.24, 2.45) is 126 Å². The van der Waals surface area contributed by atoms with Crippen LogP contribution in [-0.2, 0) is 114 Å². The molecule has 0 bridgehead atoms. The number of rotatable bonds is 3. The van der Waals surface area contributed by atoms with E-state index < -0.39 is 60.8 Å². The second kappa shape index (κ2) is 35.1. The number of nitrogens with one attached hydrogen (secondary N) is 1. The highest BCUT2D eigenvalue weighted by molar-refractivity contribution is 6.18. The van der Waals surface area contributed by atoms with Crippen molar-refractivity contribution in [3.63, 3.8) is 0 Å². The van der Waals surface area contributed by atoms with Gasteiger partial charge in [0.05, 0.1) is 97.3 Å². The molecule has 0 aromatic carbocycles. The number of methoxy groups -OCH3 is 3. The fourth-order valence-corrected chi connectivity index (χ4v) is 29.9. The molecule has 12 aliphatic carbocycles. The van der Waals surface area contributed by atoms with Gasteiger partial charge < -0.3 is 47.7 Å². The van der Waals surface area contributed by atoms with Gasteiger partial charge in [-0.1, -0.05) is 162 Å². The van der Waals surface area contributed by atoms with Crippen LogP contribution in [0.2, 0.25) is 0 Å². The lowest BCUT2D eigenvalue weighted by Gasteiger charge is -2.55. The fourth-order valence-electron chi connectivity index (χ4n) is 29.9. The minimum atomic E-state index is -0.623. The molecule has 5 fully saturated rings. The summed E-state index contributed by atoms with van der Waals surface area (Å²) < 4.78 is 44.7. The zero-order valence-electron chi connectivity index (χ0n) is 89.1. The molecule has 2 N–H and O–H groups in total. The van der Waals surface area contributed by atoms with Crippen LogP contribution in [0.15, 0.2) is 60.3 Å². The van der Waals surface area contributed by atoms with Crippen LogP contribution >= 0.6 is 0 Å². The van der Waals surface area contributed by atoms with Crippen LogP contribution in [0.25, 0.3) is 19.4 Å². The second-order valence-electron chi connectivity index (χ2n) is 46.1. The summed E-state index contributed by atoms with van der Waals surface area (Å²) >= 11 is 0. The Morgan fingerprint density at radius 2 is 0.730 bits per heavy atom. The zero-order chi connectivity index (χ0) is 104. The van der Waals surface area contributed by atoms with Crippen molar-refractivity contribution in [2.75, 3.05) is 49.5 Å². The van der Waals surface area contributed by atoms with E-state index in [2.05, 4.69) is 114 Å². The number of Topliss-reactive ketones (excluding diaryl/α,β-unsaturated/α-hetero) is 4. The minimum Gasteiger partial charge on any atom is -0.481 e. The molecule has 3 aliphatic heterocycles. The van der Waals surface area contributed by atoms with E-state index in [1.807, 2.05) is 120 Å². The lowest BCUT2D eigenvalue weighted by Crippen LogP contribution is -2.61. The van der Waals surface area contributed by atoms with Crippen molar-refractivity contribution in [1.29, 1.82) is 0 Å². The summed E-state index contributed by atoms with van der Waals surface area (Å²) in [6.07, 6.45) is 20.8. The Hall–Kier alpha value is -11.1. The maximum absolute atomic E-state index is 12.7. The fraction of sp³-hybridized carbons (Fsp3) is 0.686. The lowest BCUT2D eigenvalue weighted by molar-refractivity contribution is -0.141. The first kappa shape index (κ1) is 102. The molecule has 0 spiro atoms. The first-order valence-corrected chi connectivity index (χ1v) is 47.5. The van der Waals surface area contributed by atoms with Gasteiger partial charge in [-0.3, -0.25) is 24.0 Å². The number of ether oxygens (including phenoxy) is 3. The van der Waals surface area contributed by atoms with E-state index >= 15 is 0 Å². The highest BCUT2D eigenvalue weighted by Crippen LogP contribution is 2.67. The molecule has 32 nitrogen and oxygen atoms in total. The monoisotopic (exact) mass is 1890 g/mol. The molecule has 5 saturated carbocycles. The SMILES string of the molecule is CN1N=C2C(C)(CC[C@H]3C(C)(C)c4oncc4C[C@]23C)C1=O.CNO.COc1c2c(nn1C)[C@@]1(C)Cc3cnoc3C(C)(C)[C@@H]1CC2.[3H]C.[3H]C.[C-]#[N+]C1=C[C@]2(C)C3=NN(C)C(=O)C3(C)CC[C@H]2C(C)(C)C1=O.[C-]#[N+]C1=C[C@]2(C)c3nn(C)c(OC)c3CC[C@H]2C(C)(C)C1=O.[C-]#[N+]C1C[C@]2(C)C3=NN(C)C(=O)C3(C)CC[C@H]2C(C)(C)C1=O.[C-]#[N+]C1C[C@]2(C)c3nn(C)c(OC)c3CC[C@H]2C(C)(C)C1=O. The number of allylic oxidation sites excluding steroid dienone is 4. The van der Waals surface area contributed by atoms with Crippen molar-refractivity contribution < 1.29 is 64.8 Å². The predicted octanol–water partition coefficient (Wildman–Crippen LogP) is 16.8. The van der Waals surface area contributed by atoms with Crippen LogP contribution < -0.4 is 19.7 Å². The molecular formula is C105H147N19O13. The molecule has 5 unspecified atom stereocenters. The normalized spacial score (nSPS) is 34.4. The molecule has 15 aliphatic rings. The number of hydrogen-bond acceptors (Lipinski definition) is 22. The van der Waals surface area contributed by atoms with Gasteiger partial charge in [-0.25, -0.2) is 57.4 Å². The molecule has 5 aromatic rings. The van der Waals surface area contributed by atoms with Crippen LogP contribution in [0, 0.1) is 116 Å². The highest BCUT2D eigenvalue weighted by Gasteiger charge is 2.70. The molecule has 0 saturated heterocycles. The Morgan fingerprint density at radius 1 is 0.423 bits per heavy atom. The summed E-state index contributed by atoms with van der Waals surface area (Å²) in [6.45, 7) is 73.2. The van der Waals surface area contributed by atoms with Gasteiger partial charge in [0.25, 0.3) is 29.8 Å². The van der Waals surface area contributed by atoms with Crippen molar-refractivity contribution in [3.8, 4) is 17.6 Å². The first-order valence-electron chi connectivity index (χ1n) is 49.5. The quantitative estimate of drug-likeness (QED) is 0.125. The Balaban J connectivity index is 0.000000147. The minimum absolute atomic E-state index is 0.00414. The van der Waals surface area contributed by atoms with Gasteiger partial charge in [-0.2, -0.15) is 30.6 Å². The molecule has 20 rings (SSSR count). The molecule has 740 valence electrons. The molecule has 5 aromatic heterocycles. The number of carbonyl (C=O) groups is 7. The van der Waals surface area contributed by atoms with E-state index in [0.717, 1.165) is 158 Å². The number of carbonyl (C=O) groups excluding carboxylic acids is 7. The Morgan fingerprint density at radius 3 is 1.12 bits per heavy atom. The molecule has 8 heterocycles. The average molecular weight is 1890 g/mol. The number of nitrogens with zero attached hydrogens (tertiary/aromatic N) is 18. The third-order valence-corrected chi connectivity index (χ3v) is 36.0. The van der Waals surface area contributed by atoms with E-state index in [1.165, 1.54) is 48.7 Å². The molecular weight excluding hydrogens is 1740 g/mol. The summed E-state index contributed by atoms with van der Waals surface area (Å²) in [5.74, 6) is 6.21. The number of aromatic nitrogens is 8. The number of amides is 3.